The zero-order chi connectivity index (χ0) is 9.14. The second-order valence-electron chi connectivity index (χ2n) is 2.01. The van der Waals surface area contributed by atoms with E-state index in [1.54, 1.807) is 8.79 Å². The molecule has 0 fully saturated rings. The molecule has 0 saturated heterocycles. The van der Waals surface area contributed by atoms with Crippen molar-refractivity contribution in [2.24, 2.45) is 4.99 Å². The highest BCUT2D eigenvalue weighted by Crippen LogP contribution is 2.17. The van der Waals surface area contributed by atoms with Crippen LogP contribution in [-0.4, -0.2) is 20.1 Å². The molecule has 1 aromatic rings. The maximum absolute atomic E-state index is 7.13. The average molecular weight is 388 g/mol. The molecule has 0 atom stereocenters. The first-order valence-corrected chi connectivity index (χ1v) is 5.40. The zero-order valence-electron chi connectivity index (χ0n) is 6.25. The lowest BCUT2D eigenvalue weighted by atomic mass is 10.6. The molecule has 0 spiro atoms. The maximum Gasteiger partial charge on any atom is 0.236 e. The van der Waals surface area contributed by atoms with Crippen LogP contribution in [-0.2, 0) is 0 Å². The Bertz CT molecular complexity index is 329. The summed E-state index contributed by atoms with van der Waals surface area (Å²) >= 11 is 4.16. The Morgan fingerprint density at radius 3 is 2.83 bits per heavy atom. The van der Waals surface area contributed by atoms with E-state index in [0.29, 0.717) is 5.95 Å². The maximum atomic E-state index is 7.13. The standard InChI is InChI=1S/C6H6I2N4/c1-4-5(8)12(3-9)6(11-4)10-2-7/h2-3,9H,1H3. The third kappa shape index (κ3) is 1.84. The van der Waals surface area contributed by atoms with Gasteiger partial charge in [-0.25, -0.2) is 9.98 Å². The molecule has 4 nitrogen and oxygen atoms in total. The third-order valence-corrected chi connectivity index (χ3v) is 2.87. The minimum Gasteiger partial charge on any atom is -0.291 e. The molecule has 6 heteroatoms. The van der Waals surface area contributed by atoms with Crippen molar-refractivity contribution in [2.45, 2.75) is 6.92 Å². The number of aliphatic imine (C=N–C) groups is 1. The van der Waals surface area contributed by atoms with Gasteiger partial charge in [-0.05, 0) is 52.1 Å². The Morgan fingerprint density at radius 2 is 2.33 bits per heavy atom. The SMILES string of the molecule is Cc1nc(N=CI)n(C=N)c1I. The number of nitrogens with zero attached hydrogens (tertiary/aromatic N) is 3. The number of aryl methyl sites for hydroxylation is 1. The minimum atomic E-state index is 0.557. The molecule has 0 aromatic carbocycles. The van der Waals surface area contributed by atoms with Gasteiger partial charge in [-0.1, -0.05) is 0 Å². The molecule has 1 aromatic heterocycles. The molecule has 0 aliphatic carbocycles. The number of aromatic nitrogens is 2. The van der Waals surface area contributed by atoms with E-state index in [4.69, 9.17) is 5.41 Å². The fraction of sp³-hybridized carbons (Fsp3) is 0.167. The number of hydrogen-bond acceptors (Lipinski definition) is 3. The summed E-state index contributed by atoms with van der Waals surface area (Å²) in [6.07, 6.45) is 1.21. The lowest BCUT2D eigenvalue weighted by Gasteiger charge is -1.94. The third-order valence-electron chi connectivity index (χ3n) is 1.29. The van der Waals surface area contributed by atoms with Crippen molar-refractivity contribution in [3.8, 4) is 0 Å². The number of hydrogen-bond donors (Lipinski definition) is 1. The lowest BCUT2D eigenvalue weighted by molar-refractivity contribution is 1.10. The molecule has 0 bridgehead atoms. The fourth-order valence-electron chi connectivity index (χ4n) is 0.761. The smallest absolute Gasteiger partial charge is 0.236 e. The van der Waals surface area contributed by atoms with Crippen molar-refractivity contribution in [2.75, 3.05) is 0 Å². The van der Waals surface area contributed by atoms with Gasteiger partial charge >= 0.3 is 0 Å². The van der Waals surface area contributed by atoms with Crippen LogP contribution in [0.2, 0.25) is 0 Å². The number of halogens is 2. The number of nitrogens with one attached hydrogen (secondary N) is 1. The van der Waals surface area contributed by atoms with E-state index in [9.17, 15) is 0 Å². The number of imidazole rings is 1. The molecule has 64 valence electrons. The minimum absolute atomic E-state index is 0.557. The molecule has 0 saturated carbocycles. The van der Waals surface area contributed by atoms with Gasteiger partial charge in [0.05, 0.1) is 16.3 Å². The Morgan fingerprint density at radius 1 is 1.67 bits per heavy atom. The largest absolute Gasteiger partial charge is 0.291 e. The van der Waals surface area contributed by atoms with E-state index in [1.165, 1.54) is 6.34 Å². The van der Waals surface area contributed by atoms with Crippen molar-refractivity contribution in [1.29, 1.82) is 5.41 Å². The van der Waals surface area contributed by atoms with Crippen LogP contribution in [0, 0.1) is 16.0 Å². The lowest BCUT2D eigenvalue weighted by Crippen LogP contribution is -1.95. The van der Waals surface area contributed by atoms with Crippen molar-refractivity contribution in [3.63, 3.8) is 0 Å². The van der Waals surface area contributed by atoms with Crippen LogP contribution in [0.1, 0.15) is 5.69 Å². The first kappa shape index (κ1) is 10.1. The van der Waals surface area contributed by atoms with Gasteiger partial charge in [0.1, 0.15) is 3.70 Å². The Balaban J connectivity index is 3.28. The van der Waals surface area contributed by atoms with E-state index in [-0.39, 0.29) is 0 Å². The summed E-state index contributed by atoms with van der Waals surface area (Å²) < 4.78 is 4.19. The highest BCUT2D eigenvalue weighted by molar-refractivity contribution is 14.1. The number of rotatable bonds is 2. The highest BCUT2D eigenvalue weighted by Gasteiger charge is 2.08. The van der Waals surface area contributed by atoms with Gasteiger partial charge in [0, 0.05) is 0 Å². The van der Waals surface area contributed by atoms with Crippen LogP contribution >= 0.6 is 45.2 Å². The van der Waals surface area contributed by atoms with Gasteiger partial charge in [0.2, 0.25) is 5.95 Å². The van der Waals surface area contributed by atoms with Crippen LogP contribution in [0.3, 0.4) is 0 Å². The van der Waals surface area contributed by atoms with Gasteiger partial charge in [-0.2, -0.15) is 0 Å². The molecule has 0 unspecified atom stereocenters. The zero-order valence-corrected chi connectivity index (χ0v) is 10.6. The van der Waals surface area contributed by atoms with Crippen LogP contribution < -0.4 is 0 Å². The van der Waals surface area contributed by atoms with Crippen molar-refractivity contribution in [3.05, 3.63) is 9.39 Å². The molecule has 0 aliphatic rings. The summed E-state index contributed by atoms with van der Waals surface area (Å²) in [5.41, 5.74) is 0.899. The molecule has 12 heavy (non-hydrogen) atoms. The molecule has 0 amide bonds. The summed E-state index contributed by atoms with van der Waals surface area (Å²) in [5.74, 6) is 0.557. The van der Waals surface area contributed by atoms with Crippen molar-refractivity contribution < 1.29 is 0 Å². The molecular weight excluding hydrogens is 382 g/mol. The normalized spacial score (nSPS) is 10.9. The molecule has 1 heterocycles. The summed E-state index contributed by atoms with van der Waals surface area (Å²) in [5, 5.41) is 7.13. The summed E-state index contributed by atoms with van der Waals surface area (Å²) in [6.45, 7) is 1.90. The van der Waals surface area contributed by atoms with Crippen LogP contribution in [0.15, 0.2) is 4.99 Å². The Hall–Kier alpha value is 0.01000. The first-order valence-electron chi connectivity index (χ1n) is 3.08. The van der Waals surface area contributed by atoms with E-state index in [1.807, 2.05) is 29.5 Å². The summed E-state index contributed by atoms with van der Waals surface area (Å²) in [4.78, 5) is 8.19. The van der Waals surface area contributed by atoms with Gasteiger partial charge in [0.25, 0.3) is 0 Å². The van der Waals surface area contributed by atoms with Gasteiger partial charge in [-0.3, -0.25) is 9.98 Å². The van der Waals surface area contributed by atoms with Gasteiger partial charge < -0.3 is 0 Å². The van der Waals surface area contributed by atoms with Crippen LogP contribution in [0.5, 0.6) is 0 Å². The van der Waals surface area contributed by atoms with E-state index in [0.717, 1.165) is 9.39 Å². The van der Waals surface area contributed by atoms with E-state index in [2.05, 4.69) is 32.6 Å². The topological polar surface area (TPSA) is 54.0 Å². The second kappa shape index (κ2) is 4.30. The highest BCUT2D eigenvalue weighted by atomic mass is 127. The van der Waals surface area contributed by atoms with Crippen LogP contribution in [0.25, 0.3) is 0 Å². The van der Waals surface area contributed by atoms with Gasteiger partial charge in [0.15, 0.2) is 0 Å². The molecule has 1 rings (SSSR count). The molecule has 1 N–H and O–H groups in total. The summed E-state index contributed by atoms with van der Waals surface area (Å²) in [7, 11) is 0. The Kier molecular flexibility index (Phi) is 3.62. The van der Waals surface area contributed by atoms with E-state index < -0.39 is 0 Å². The fourth-order valence-corrected chi connectivity index (χ4v) is 1.49. The quantitative estimate of drug-likeness (QED) is 0.472. The average Bonchev–Trinajstić information content (AvgIpc) is 2.29. The van der Waals surface area contributed by atoms with Gasteiger partial charge in [-0.15, -0.1) is 0 Å². The Labute approximate surface area is 97.3 Å². The van der Waals surface area contributed by atoms with Crippen molar-refractivity contribution >= 4 is 61.7 Å². The second-order valence-corrected chi connectivity index (χ2v) is 3.59. The predicted molar refractivity (Wildman–Crippen MR) is 66.0 cm³/mol. The first-order chi connectivity index (χ1) is 5.70. The monoisotopic (exact) mass is 388 g/mol. The summed E-state index contributed by atoms with van der Waals surface area (Å²) in [6, 6.07) is 0. The van der Waals surface area contributed by atoms with E-state index >= 15 is 0 Å². The van der Waals surface area contributed by atoms with Crippen LogP contribution in [0.4, 0.5) is 5.95 Å². The predicted octanol–water partition coefficient (Wildman–Crippen LogP) is 2.35. The molecule has 0 radical (unpaired) electrons. The van der Waals surface area contributed by atoms with Crippen molar-refractivity contribution in [1.82, 2.24) is 9.55 Å². The molecule has 0 aliphatic heterocycles. The molecular formula is C6H6I2N4.